The van der Waals surface area contributed by atoms with E-state index >= 15 is 0 Å². The third kappa shape index (κ3) is 5.16. The fourth-order valence-electron chi connectivity index (χ4n) is 5.58. The fraction of sp³-hybridized carbons (Fsp3) is 0.385. The summed E-state index contributed by atoms with van der Waals surface area (Å²) in [5.74, 6) is 6.37. The van der Waals surface area contributed by atoms with Gasteiger partial charge in [0.2, 0.25) is 0 Å². The molecule has 10 heteroatoms. The van der Waals surface area contributed by atoms with Crippen LogP contribution in [-0.2, 0) is 13.0 Å². The number of anilines is 1. The van der Waals surface area contributed by atoms with Gasteiger partial charge in [0.1, 0.15) is 12.1 Å². The normalized spacial score (nSPS) is 17.7. The SMILES string of the molecule is [N-]=[N+]=NCC(c1ccccc1-c1ccc(Cl)cc1)N1CCC(N2CCc3c(ncnc3NN)C2)CC1. The van der Waals surface area contributed by atoms with Crippen LogP contribution >= 0.6 is 11.6 Å². The molecule has 2 aliphatic rings. The molecular formula is C26H30ClN9. The molecule has 5 rings (SSSR count). The molecule has 9 nitrogen and oxygen atoms in total. The summed E-state index contributed by atoms with van der Waals surface area (Å²) in [6, 6.07) is 16.8. The van der Waals surface area contributed by atoms with Gasteiger partial charge in [-0.05, 0) is 53.6 Å². The maximum atomic E-state index is 9.10. The van der Waals surface area contributed by atoms with Gasteiger partial charge < -0.3 is 5.43 Å². The zero-order valence-corrected chi connectivity index (χ0v) is 20.8. The van der Waals surface area contributed by atoms with E-state index in [9.17, 15) is 0 Å². The average Bonchev–Trinajstić information content (AvgIpc) is 2.93. The Labute approximate surface area is 215 Å². The van der Waals surface area contributed by atoms with Gasteiger partial charge in [-0.3, -0.25) is 9.80 Å². The molecule has 3 heterocycles. The number of halogens is 1. The van der Waals surface area contributed by atoms with Crippen molar-refractivity contribution in [2.45, 2.75) is 37.9 Å². The molecule has 0 saturated carbocycles. The van der Waals surface area contributed by atoms with Crippen LogP contribution in [0.1, 0.15) is 35.7 Å². The molecule has 0 amide bonds. The van der Waals surface area contributed by atoms with Crippen molar-refractivity contribution < 1.29 is 0 Å². The topological polar surface area (TPSA) is 119 Å². The van der Waals surface area contributed by atoms with Crippen LogP contribution in [-0.4, -0.2) is 52.0 Å². The van der Waals surface area contributed by atoms with Crippen LogP contribution in [0, 0.1) is 0 Å². The molecule has 36 heavy (non-hydrogen) atoms. The first-order valence-corrected chi connectivity index (χ1v) is 12.7. The number of aromatic nitrogens is 2. The lowest BCUT2D eigenvalue weighted by Gasteiger charge is -2.43. The number of nitrogens with zero attached hydrogens (tertiary/aromatic N) is 7. The number of hydrazine groups is 1. The number of azide groups is 1. The van der Waals surface area contributed by atoms with E-state index in [0.717, 1.165) is 73.6 Å². The zero-order chi connectivity index (χ0) is 24.9. The van der Waals surface area contributed by atoms with Crippen molar-refractivity contribution in [3.05, 3.63) is 87.1 Å². The van der Waals surface area contributed by atoms with Crippen molar-refractivity contribution in [1.29, 1.82) is 0 Å². The number of nitrogens with one attached hydrogen (secondary N) is 1. The number of hydrogen-bond acceptors (Lipinski definition) is 7. The van der Waals surface area contributed by atoms with Crippen LogP contribution < -0.4 is 11.3 Å². The van der Waals surface area contributed by atoms with E-state index in [1.807, 2.05) is 30.3 Å². The number of hydrogen-bond donors (Lipinski definition) is 2. The number of likely N-dealkylation sites (tertiary alicyclic amines) is 1. The Morgan fingerprint density at radius 1 is 1.11 bits per heavy atom. The zero-order valence-electron chi connectivity index (χ0n) is 20.1. The predicted molar refractivity (Wildman–Crippen MR) is 142 cm³/mol. The Morgan fingerprint density at radius 2 is 1.89 bits per heavy atom. The molecular weight excluding hydrogens is 474 g/mol. The number of rotatable bonds is 7. The Hall–Kier alpha value is -3.20. The molecule has 2 aliphatic heterocycles. The van der Waals surface area contributed by atoms with Crippen molar-refractivity contribution in [1.82, 2.24) is 19.8 Å². The van der Waals surface area contributed by atoms with E-state index in [-0.39, 0.29) is 6.04 Å². The third-order valence-electron chi connectivity index (χ3n) is 7.42. The van der Waals surface area contributed by atoms with E-state index < -0.39 is 0 Å². The highest BCUT2D eigenvalue weighted by atomic mass is 35.5. The highest BCUT2D eigenvalue weighted by molar-refractivity contribution is 6.30. The quantitative estimate of drug-likeness (QED) is 0.155. The van der Waals surface area contributed by atoms with Crippen molar-refractivity contribution in [3.63, 3.8) is 0 Å². The molecule has 3 N–H and O–H groups in total. The van der Waals surface area contributed by atoms with Gasteiger partial charge in [-0.1, -0.05) is 53.1 Å². The van der Waals surface area contributed by atoms with Crippen LogP contribution in [0.15, 0.2) is 60.0 Å². The van der Waals surface area contributed by atoms with Crippen molar-refractivity contribution >= 4 is 17.4 Å². The molecule has 1 fully saturated rings. The third-order valence-corrected chi connectivity index (χ3v) is 7.67. The van der Waals surface area contributed by atoms with Crippen LogP contribution in [0.2, 0.25) is 5.02 Å². The molecule has 1 atom stereocenters. The van der Waals surface area contributed by atoms with Crippen LogP contribution in [0.25, 0.3) is 21.6 Å². The number of piperidine rings is 1. The standard InChI is InChI=1S/C26H30ClN9/c27-19-7-5-18(6-8-19)21-3-1-2-4-22(21)25(15-32-34-29)35-12-9-20(10-13-35)36-14-11-23-24(16-36)30-17-31-26(23)33-28/h1-8,17,20,25H,9-16,28H2,(H,30,31,33). The van der Waals surface area contributed by atoms with Crippen molar-refractivity contribution in [2.24, 2.45) is 11.0 Å². The summed E-state index contributed by atoms with van der Waals surface area (Å²) in [7, 11) is 0. The fourth-order valence-corrected chi connectivity index (χ4v) is 5.70. The van der Waals surface area contributed by atoms with Gasteiger partial charge in [-0.25, -0.2) is 15.8 Å². The van der Waals surface area contributed by atoms with Crippen molar-refractivity contribution in [2.75, 3.05) is 31.6 Å². The average molecular weight is 504 g/mol. The first kappa shape index (κ1) is 24.5. The molecule has 1 aromatic heterocycles. The second kappa shape index (κ2) is 11.2. The van der Waals surface area contributed by atoms with Gasteiger partial charge in [-0.15, -0.1) is 0 Å². The summed E-state index contributed by atoms with van der Waals surface area (Å²) in [4.78, 5) is 16.9. The molecule has 186 valence electrons. The summed E-state index contributed by atoms with van der Waals surface area (Å²) in [6.07, 6.45) is 4.58. The lowest BCUT2D eigenvalue weighted by molar-refractivity contribution is 0.0765. The molecule has 0 spiro atoms. The smallest absolute Gasteiger partial charge is 0.146 e. The van der Waals surface area contributed by atoms with Crippen LogP contribution in [0.3, 0.4) is 0 Å². The van der Waals surface area contributed by atoms with Crippen LogP contribution in [0.4, 0.5) is 5.82 Å². The minimum Gasteiger partial charge on any atom is -0.308 e. The second-order valence-corrected chi connectivity index (χ2v) is 9.74. The molecule has 0 radical (unpaired) electrons. The van der Waals surface area contributed by atoms with Gasteiger partial charge in [0, 0.05) is 60.3 Å². The van der Waals surface area contributed by atoms with E-state index in [1.165, 1.54) is 5.56 Å². The number of benzene rings is 2. The Kier molecular flexibility index (Phi) is 7.65. The summed E-state index contributed by atoms with van der Waals surface area (Å²) in [6.45, 7) is 4.07. The lowest BCUT2D eigenvalue weighted by atomic mass is 9.91. The maximum Gasteiger partial charge on any atom is 0.146 e. The monoisotopic (exact) mass is 503 g/mol. The summed E-state index contributed by atoms with van der Waals surface area (Å²) in [5.41, 5.74) is 17.4. The largest absolute Gasteiger partial charge is 0.308 e. The van der Waals surface area contributed by atoms with Gasteiger partial charge >= 0.3 is 0 Å². The van der Waals surface area contributed by atoms with E-state index in [4.69, 9.17) is 23.0 Å². The van der Waals surface area contributed by atoms with Gasteiger partial charge in [0.15, 0.2) is 0 Å². The first-order chi connectivity index (χ1) is 17.7. The lowest BCUT2D eigenvalue weighted by Crippen LogP contribution is -2.48. The molecule has 1 unspecified atom stereocenters. The van der Waals surface area contributed by atoms with Gasteiger partial charge in [0.05, 0.1) is 5.69 Å². The minimum atomic E-state index is 0.0155. The maximum absolute atomic E-state index is 9.10. The molecule has 3 aromatic rings. The highest BCUT2D eigenvalue weighted by Gasteiger charge is 2.32. The molecule has 2 aromatic carbocycles. The Bertz CT molecular complexity index is 1230. The summed E-state index contributed by atoms with van der Waals surface area (Å²) < 4.78 is 0. The highest BCUT2D eigenvalue weighted by Crippen LogP contribution is 2.35. The van der Waals surface area contributed by atoms with Gasteiger partial charge in [-0.2, -0.15) is 0 Å². The summed E-state index contributed by atoms with van der Waals surface area (Å²) >= 11 is 6.13. The molecule has 1 saturated heterocycles. The van der Waals surface area contributed by atoms with Crippen LogP contribution in [0.5, 0.6) is 0 Å². The predicted octanol–water partition coefficient (Wildman–Crippen LogP) is 4.96. The second-order valence-electron chi connectivity index (χ2n) is 9.30. The Balaban J connectivity index is 1.32. The first-order valence-electron chi connectivity index (χ1n) is 12.3. The summed E-state index contributed by atoms with van der Waals surface area (Å²) in [5, 5.41) is 4.71. The number of nitrogens with two attached hydrogens (primary N) is 1. The molecule has 0 aliphatic carbocycles. The van der Waals surface area contributed by atoms with Gasteiger partial charge in [0.25, 0.3) is 0 Å². The number of nitrogen functional groups attached to an aromatic ring is 1. The van der Waals surface area contributed by atoms with Crippen molar-refractivity contribution in [3.8, 4) is 11.1 Å². The van der Waals surface area contributed by atoms with E-state index in [2.05, 4.69) is 53.4 Å². The molecule has 0 bridgehead atoms. The van der Waals surface area contributed by atoms with E-state index in [1.54, 1.807) is 6.33 Å². The minimum absolute atomic E-state index is 0.0155. The van der Waals surface area contributed by atoms with E-state index in [0.29, 0.717) is 17.6 Å². The Morgan fingerprint density at radius 3 is 2.64 bits per heavy atom. The number of fused-ring (bicyclic) bond motifs is 1.